The van der Waals surface area contributed by atoms with Crippen LogP contribution in [0.2, 0.25) is 10.0 Å². The second kappa shape index (κ2) is 12.4. The van der Waals surface area contributed by atoms with Gasteiger partial charge in [-0.2, -0.15) is 0 Å². The predicted octanol–water partition coefficient (Wildman–Crippen LogP) is 8.10. The highest BCUT2D eigenvalue weighted by atomic mass is 35.5. The average Bonchev–Trinajstić information content (AvgIpc) is 3.10. The van der Waals surface area contributed by atoms with E-state index < -0.39 is 29.2 Å². The number of anilines is 1. The van der Waals surface area contributed by atoms with Gasteiger partial charge < -0.3 is 14.2 Å². The van der Waals surface area contributed by atoms with E-state index in [1.165, 1.54) is 0 Å². The lowest BCUT2D eigenvalue weighted by Crippen LogP contribution is -2.46. The van der Waals surface area contributed by atoms with E-state index in [1.807, 2.05) is 13.8 Å². The number of nitrogens with zero attached hydrogens (tertiary/aromatic N) is 1. The standard InChI is InChI=1S/C30H35Cl2NO6/c1-7-14-30(15-8-2,27(35)37-9-3)38-25-13-11-20(31)16-19(25)17-23-22-12-10-21(32)18-24(22)33(26(23)34)28(36)39-29(4,5)6/h10-13,16-18H,7-9,14-15H2,1-6H3. The fourth-order valence-corrected chi connectivity index (χ4v) is 4.87. The van der Waals surface area contributed by atoms with Crippen LogP contribution in [0.4, 0.5) is 10.5 Å². The van der Waals surface area contributed by atoms with Gasteiger partial charge in [0.1, 0.15) is 11.4 Å². The third-order valence-corrected chi connectivity index (χ3v) is 6.50. The summed E-state index contributed by atoms with van der Waals surface area (Å²) >= 11 is 12.6. The number of esters is 1. The number of hydrogen-bond donors (Lipinski definition) is 0. The Labute approximate surface area is 240 Å². The largest absolute Gasteiger partial charge is 0.475 e. The number of rotatable bonds is 9. The molecule has 0 fully saturated rings. The van der Waals surface area contributed by atoms with Crippen molar-refractivity contribution in [2.75, 3.05) is 11.5 Å². The zero-order valence-electron chi connectivity index (χ0n) is 23.2. The summed E-state index contributed by atoms with van der Waals surface area (Å²) in [6, 6.07) is 9.84. The van der Waals surface area contributed by atoms with Crippen LogP contribution in [0.25, 0.3) is 11.6 Å². The predicted molar refractivity (Wildman–Crippen MR) is 154 cm³/mol. The van der Waals surface area contributed by atoms with Crippen LogP contribution in [0.3, 0.4) is 0 Å². The molecule has 0 saturated heterocycles. The van der Waals surface area contributed by atoms with Crippen molar-refractivity contribution in [3.63, 3.8) is 0 Å². The smallest absolute Gasteiger partial charge is 0.422 e. The van der Waals surface area contributed by atoms with Crippen LogP contribution in [-0.2, 0) is 19.1 Å². The highest BCUT2D eigenvalue weighted by Crippen LogP contribution is 2.42. The van der Waals surface area contributed by atoms with Crippen LogP contribution in [-0.4, -0.2) is 35.8 Å². The number of ether oxygens (including phenoxy) is 3. The molecular weight excluding hydrogens is 541 g/mol. The number of amides is 2. The molecule has 0 saturated carbocycles. The minimum absolute atomic E-state index is 0.225. The highest BCUT2D eigenvalue weighted by Gasteiger charge is 2.42. The molecule has 3 rings (SSSR count). The van der Waals surface area contributed by atoms with Gasteiger partial charge in [0, 0.05) is 21.2 Å². The van der Waals surface area contributed by atoms with Gasteiger partial charge in [-0.25, -0.2) is 14.5 Å². The monoisotopic (exact) mass is 575 g/mol. The number of carbonyl (C=O) groups excluding carboxylic acids is 3. The minimum Gasteiger partial charge on any atom is -0.475 e. The van der Waals surface area contributed by atoms with Gasteiger partial charge in [-0.15, -0.1) is 0 Å². The SMILES string of the molecule is CCCC(CCC)(Oc1ccc(Cl)cc1C=C1C(=O)N(C(=O)OC(C)(C)C)c2cc(Cl)ccc21)C(=O)OCC. The molecule has 210 valence electrons. The van der Waals surface area contributed by atoms with Crippen molar-refractivity contribution in [3.05, 3.63) is 57.6 Å². The molecule has 9 heteroatoms. The molecular formula is C30H35Cl2NO6. The van der Waals surface area contributed by atoms with Crippen LogP contribution in [0.5, 0.6) is 5.75 Å². The lowest BCUT2D eigenvalue weighted by molar-refractivity contribution is -0.163. The van der Waals surface area contributed by atoms with Gasteiger partial charge in [0.25, 0.3) is 5.91 Å². The minimum atomic E-state index is -1.20. The Morgan fingerprint density at radius 2 is 1.56 bits per heavy atom. The van der Waals surface area contributed by atoms with Crippen molar-refractivity contribution in [2.45, 2.75) is 78.4 Å². The Morgan fingerprint density at radius 1 is 0.949 bits per heavy atom. The molecule has 0 spiro atoms. The first-order chi connectivity index (χ1) is 18.4. The zero-order chi connectivity index (χ0) is 29.0. The Hall–Kier alpha value is -3.03. The molecule has 0 N–H and O–H groups in total. The van der Waals surface area contributed by atoms with Crippen molar-refractivity contribution in [1.82, 2.24) is 0 Å². The van der Waals surface area contributed by atoms with Crippen LogP contribution >= 0.6 is 23.2 Å². The van der Waals surface area contributed by atoms with Gasteiger partial charge in [-0.05, 0) is 76.9 Å². The van der Waals surface area contributed by atoms with E-state index in [1.54, 1.807) is 70.2 Å². The average molecular weight is 577 g/mol. The van der Waals surface area contributed by atoms with E-state index in [-0.39, 0.29) is 12.2 Å². The number of benzene rings is 2. The summed E-state index contributed by atoms with van der Waals surface area (Å²) in [5, 5.41) is 0.772. The number of fused-ring (bicyclic) bond motifs is 1. The van der Waals surface area contributed by atoms with E-state index in [0.717, 1.165) is 4.90 Å². The first-order valence-corrected chi connectivity index (χ1v) is 13.9. The number of imide groups is 1. The van der Waals surface area contributed by atoms with Gasteiger partial charge >= 0.3 is 12.1 Å². The molecule has 2 amide bonds. The maximum Gasteiger partial charge on any atom is 0.422 e. The van der Waals surface area contributed by atoms with Gasteiger partial charge in [0.05, 0.1) is 17.9 Å². The van der Waals surface area contributed by atoms with E-state index >= 15 is 0 Å². The van der Waals surface area contributed by atoms with Gasteiger partial charge in [-0.1, -0.05) is 56.0 Å². The molecule has 0 atom stereocenters. The molecule has 1 heterocycles. The molecule has 1 aliphatic rings. The van der Waals surface area contributed by atoms with Crippen molar-refractivity contribution in [1.29, 1.82) is 0 Å². The van der Waals surface area contributed by atoms with Crippen molar-refractivity contribution < 1.29 is 28.6 Å². The second-order valence-corrected chi connectivity index (χ2v) is 11.2. The van der Waals surface area contributed by atoms with Crippen LogP contribution < -0.4 is 9.64 Å². The molecule has 1 aliphatic heterocycles. The summed E-state index contributed by atoms with van der Waals surface area (Å²) in [5.74, 6) is -0.651. The van der Waals surface area contributed by atoms with E-state index in [9.17, 15) is 14.4 Å². The van der Waals surface area contributed by atoms with Crippen molar-refractivity contribution in [2.24, 2.45) is 0 Å². The first-order valence-electron chi connectivity index (χ1n) is 13.1. The topological polar surface area (TPSA) is 82.1 Å². The summed E-state index contributed by atoms with van der Waals surface area (Å²) in [4.78, 5) is 40.8. The van der Waals surface area contributed by atoms with Crippen LogP contribution in [0, 0.1) is 0 Å². The van der Waals surface area contributed by atoms with Crippen molar-refractivity contribution in [3.8, 4) is 5.75 Å². The molecule has 0 bridgehead atoms. The van der Waals surface area contributed by atoms with Gasteiger partial charge in [0.15, 0.2) is 0 Å². The van der Waals surface area contributed by atoms with Crippen LogP contribution in [0.15, 0.2) is 36.4 Å². The van der Waals surface area contributed by atoms with E-state index in [0.29, 0.717) is 58.3 Å². The quantitative estimate of drug-likeness (QED) is 0.222. The van der Waals surface area contributed by atoms with Gasteiger partial charge in [-0.3, -0.25) is 4.79 Å². The summed E-state index contributed by atoms with van der Waals surface area (Å²) < 4.78 is 17.4. The summed E-state index contributed by atoms with van der Waals surface area (Å²) in [5.41, 5.74) is -0.499. The highest BCUT2D eigenvalue weighted by molar-refractivity contribution is 6.42. The fraction of sp³-hybridized carbons (Fsp3) is 0.433. The van der Waals surface area contributed by atoms with E-state index in [4.69, 9.17) is 37.4 Å². The summed E-state index contributed by atoms with van der Waals surface area (Å²) in [7, 11) is 0. The Balaban J connectivity index is 2.15. The summed E-state index contributed by atoms with van der Waals surface area (Å²) in [6.07, 6.45) is 3.08. The molecule has 7 nitrogen and oxygen atoms in total. The molecule has 0 aliphatic carbocycles. The van der Waals surface area contributed by atoms with Gasteiger partial charge in [0.2, 0.25) is 5.60 Å². The number of halogens is 2. The fourth-order valence-electron chi connectivity index (χ4n) is 4.53. The summed E-state index contributed by atoms with van der Waals surface area (Å²) in [6.45, 7) is 11.1. The maximum absolute atomic E-state index is 13.7. The third kappa shape index (κ3) is 6.95. The lowest BCUT2D eigenvalue weighted by Gasteiger charge is -2.32. The molecule has 2 aromatic carbocycles. The molecule has 39 heavy (non-hydrogen) atoms. The normalized spacial score (nSPS) is 14.4. The Bertz CT molecular complexity index is 1270. The lowest BCUT2D eigenvalue weighted by atomic mass is 9.92. The number of hydrogen-bond acceptors (Lipinski definition) is 6. The Morgan fingerprint density at radius 3 is 2.15 bits per heavy atom. The number of carbonyl (C=O) groups is 3. The molecule has 2 aromatic rings. The zero-order valence-corrected chi connectivity index (χ0v) is 24.7. The molecule has 0 radical (unpaired) electrons. The third-order valence-electron chi connectivity index (χ3n) is 6.03. The Kier molecular flexibility index (Phi) is 9.73. The van der Waals surface area contributed by atoms with Crippen molar-refractivity contribution >= 4 is 58.5 Å². The van der Waals surface area contributed by atoms with Crippen LogP contribution in [0.1, 0.15) is 78.4 Å². The maximum atomic E-state index is 13.7. The van der Waals surface area contributed by atoms with E-state index in [2.05, 4.69) is 0 Å². The first kappa shape index (κ1) is 30.5. The molecule has 0 aromatic heterocycles. The second-order valence-electron chi connectivity index (χ2n) is 10.3. The molecule has 0 unspecified atom stereocenters.